The molecule has 0 aliphatic carbocycles. The van der Waals surface area contributed by atoms with E-state index in [1.807, 2.05) is 53.7 Å². The summed E-state index contributed by atoms with van der Waals surface area (Å²) in [7, 11) is 0. The summed E-state index contributed by atoms with van der Waals surface area (Å²) in [4.78, 5) is 16.5. The second-order valence-electron chi connectivity index (χ2n) is 9.11. The Morgan fingerprint density at radius 2 is 1.61 bits per heavy atom. The molecular weight excluding hydrogens is 374 g/mol. The zero-order chi connectivity index (χ0) is 21.5. The van der Waals surface area contributed by atoms with E-state index in [2.05, 4.69) is 10.3 Å². The van der Waals surface area contributed by atoms with Crippen molar-refractivity contribution in [2.75, 3.05) is 0 Å². The maximum atomic E-state index is 12.3. The largest absolute Gasteiger partial charge is 0.507 e. The molecule has 1 aliphatic rings. The summed E-state index contributed by atoms with van der Waals surface area (Å²) in [6.07, 6.45) is 3.37. The first-order valence-electron chi connectivity index (χ1n) is 8.96. The van der Waals surface area contributed by atoms with Gasteiger partial charge in [-0.2, -0.15) is 5.26 Å². The normalized spacial score (nSPS) is 18.6. The number of carbonyl (C=O) groups is 1. The van der Waals surface area contributed by atoms with Crippen LogP contribution in [0.1, 0.15) is 65.2 Å². The summed E-state index contributed by atoms with van der Waals surface area (Å²) in [5.74, 6) is -0.201. The molecule has 0 bridgehead atoms. The highest BCUT2D eigenvalue weighted by atomic mass is 32.2. The van der Waals surface area contributed by atoms with Crippen molar-refractivity contribution in [2.24, 2.45) is 4.99 Å². The maximum absolute atomic E-state index is 12.3. The highest BCUT2D eigenvalue weighted by Crippen LogP contribution is 2.41. The monoisotopic (exact) mass is 401 g/mol. The average Bonchev–Trinajstić information content (AvgIpc) is 2.88. The predicted molar refractivity (Wildman–Crippen MR) is 113 cm³/mol. The SMILES string of the molecule is CC(O)(NC#N)C1=NC(=O)C(=Cc2cc(C(C)(C)C)c(O)c(C(C)(C)C)c2)S1. The summed E-state index contributed by atoms with van der Waals surface area (Å²) >= 11 is 1.03. The highest BCUT2D eigenvalue weighted by Gasteiger charge is 2.35. The Morgan fingerprint density at radius 1 is 1.11 bits per heavy atom. The number of amides is 1. The zero-order valence-corrected chi connectivity index (χ0v) is 18.2. The number of phenolic OH excluding ortho intramolecular Hbond substituents is 1. The summed E-state index contributed by atoms with van der Waals surface area (Å²) < 4.78 is 0. The van der Waals surface area contributed by atoms with Gasteiger partial charge >= 0.3 is 0 Å². The highest BCUT2D eigenvalue weighted by molar-refractivity contribution is 8.18. The number of nitrogens with one attached hydrogen (secondary N) is 1. The Balaban J connectivity index is 2.53. The van der Waals surface area contributed by atoms with Crippen LogP contribution in [0, 0.1) is 11.5 Å². The lowest BCUT2D eigenvalue weighted by Gasteiger charge is -2.28. The fourth-order valence-electron chi connectivity index (χ4n) is 2.81. The molecule has 0 saturated heterocycles. The number of aliphatic hydroxyl groups is 1. The van der Waals surface area contributed by atoms with Crippen LogP contribution in [0.5, 0.6) is 5.75 Å². The fourth-order valence-corrected chi connectivity index (χ4v) is 3.73. The van der Waals surface area contributed by atoms with Crippen LogP contribution in [-0.2, 0) is 15.6 Å². The van der Waals surface area contributed by atoms with E-state index in [0.29, 0.717) is 4.91 Å². The first kappa shape index (κ1) is 22.0. The lowest BCUT2D eigenvalue weighted by molar-refractivity contribution is -0.113. The van der Waals surface area contributed by atoms with Crippen LogP contribution in [0.3, 0.4) is 0 Å². The minimum absolute atomic E-state index is 0.121. The van der Waals surface area contributed by atoms with Gasteiger partial charge in [0.2, 0.25) is 0 Å². The Labute approximate surface area is 170 Å². The van der Waals surface area contributed by atoms with Crippen molar-refractivity contribution in [3.63, 3.8) is 0 Å². The van der Waals surface area contributed by atoms with Crippen molar-refractivity contribution in [3.8, 4) is 11.9 Å². The number of nitriles is 1. The number of nitrogens with zero attached hydrogens (tertiary/aromatic N) is 2. The van der Waals surface area contributed by atoms with Gasteiger partial charge in [-0.1, -0.05) is 53.3 Å². The van der Waals surface area contributed by atoms with Crippen molar-refractivity contribution in [1.82, 2.24) is 5.32 Å². The second-order valence-corrected chi connectivity index (χ2v) is 10.1. The summed E-state index contributed by atoms with van der Waals surface area (Å²) in [5, 5.41) is 32.2. The molecule has 2 rings (SSSR count). The maximum Gasteiger partial charge on any atom is 0.284 e. The lowest BCUT2D eigenvalue weighted by Crippen LogP contribution is -2.45. The molecule has 0 aromatic heterocycles. The van der Waals surface area contributed by atoms with Crippen LogP contribution in [0.25, 0.3) is 6.08 Å². The van der Waals surface area contributed by atoms with Gasteiger partial charge in [-0.25, -0.2) is 4.99 Å². The Morgan fingerprint density at radius 3 is 2.04 bits per heavy atom. The molecule has 6 nitrogen and oxygen atoms in total. The van der Waals surface area contributed by atoms with E-state index in [-0.39, 0.29) is 21.6 Å². The molecule has 1 aliphatic heterocycles. The van der Waals surface area contributed by atoms with E-state index in [4.69, 9.17) is 5.26 Å². The van der Waals surface area contributed by atoms with E-state index < -0.39 is 11.6 Å². The molecule has 1 unspecified atom stereocenters. The van der Waals surface area contributed by atoms with Gasteiger partial charge in [0.1, 0.15) is 10.8 Å². The quantitative estimate of drug-likeness (QED) is 0.308. The molecule has 0 saturated carbocycles. The van der Waals surface area contributed by atoms with E-state index >= 15 is 0 Å². The number of thioether (sulfide) groups is 1. The van der Waals surface area contributed by atoms with Crippen LogP contribution in [0.4, 0.5) is 0 Å². The van der Waals surface area contributed by atoms with Crippen LogP contribution in [0.2, 0.25) is 0 Å². The van der Waals surface area contributed by atoms with E-state index in [1.54, 1.807) is 12.3 Å². The topological polar surface area (TPSA) is 106 Å². The first-order chi connectivity index (χ1) is 12.7. The summed E-state index contributed by atoms with van der Waals surface area (Å²) in [6.45, 7) is 13.5. The number of carbonyl (C=O) groups excluding carboxylic acids is 1. The van der Waals surface area contributed by atoms with Gasteiger partial charge in [0.05, 0.1) is 4.91 Å². The Hall–Kier alpha value is -2.30. The molecule has 0 fully saturated rings. The number of hydrogen-bond donors (Lipinski definition) is 3. The number of benzene rings is 1. The van der Waals surface area contributed by atoms with Gasteiger partial charge in [-0.15, -0.1) is 0 Å². The number of phenols is 1. The minimum atomic E-state index is -1.70. The molecule has 1 amide bonds. The standard InChI is InChI=1S/C21H27N3O3S/c1-19(2,3)13-8-12(9-14(16(13)25)20(4,5)6)10-15-17(26)24-18(28-15)21(7,27)23-11-22/h8-10,23,25,27H,1-7H3. The van der Waals surface area contributed by atoms with E-state index in [0.717, 1.165) is 28.5 Å². The second kappa shape index (κ2) is 7.26. The number of hydrogen-bond acceptors (Lipinski definition) is 6. The fraction of sp³-hybridized carbons (Fsp3) is 0.476. The van der Waals surface area contributed by atoms with Crippen molar-refractivity contribution >= 4 is 28.8 Å². The molecule has 1 heterocycles. The smallest absolute Gasteiger partial charge is 0.284 e. The van der Waals surface area contributed by atoms with Crippen LogP contribution >= 0.6 is 11.8 Å². The van der Waals surface area contributed by atoms with Gasteiger partial charge < -0.3 is 10.2 Å². The molecule has 28 heavy (non-hydrogen) atoms. The van der Waals surface area contributed by atoms with Crippen LogP contribution < -0.4 is 5.32 Å². The number of aromatic hydroxyl groups is 1. The Bertz CT molecular complexity index is 875. The van der Waals surface area contributed by atoms with Crippen molar-refractivity contribution in [3.05, 3.63) is 33.7 Å². The molecule has 0 radical (unpaired) electrons. The average molecular weight is 402 g/mol. The zero-order valence-electron chi connectivity index (χ0n) is 17.3. The third kappa shape index (κ3) is 4.57. The molecule has 1 aromatic rings. The van der Waals surface area contributed by atoms with Crippen molar-refractivity contribution in [1.29, 1.82) is 5.26 Å². The van der Waals surface area contributed by atoms with Gasteiger partial charge in [0.25, 0.3) is 5.91 Å². The predicted octanol–water partition coefficient (Wildman–Crippen LogP) is 3.78. The molecule has 1 atom stereocenters. The third-order valence-electron chi connectivity index (χ3n) is 4.38. The molecule has 1 aromatic carbocycles. The van der Waals surface area contributed by atoms with Gasteiger partial charge in [-0.3, -0.25) is 10.1 Å². The minimum Gasteiger partial charge on any atom is -0.507 e. The van der Waals surface area contributed by atoms with Gasteiger partial charge in [0.15, 0.2) is 11.9 Å². The van der Waals surface area contributed by atoms with Gasteiger partial charge in [0, 0.05) is 11.1 Å². The third-order valence-corrected chi connectivity index (χ3v) is 5.58. The first-order valence-corrected chi connectivity index (χ1v) is 9.78. The molecule has 150 valence electrons. The number of rotatable bonds is 3. The van der Waals surface area contributed by atoms with Crippen LogP contribution in [-0.4, -0.2) is 26.9 Å². The van der Waals surface area contributed by atoms with E-state index in [1.165, 1.54) is 6.92 Å². The van der Waals surface area contributed by atoms with Gasteiger partial charge in [-0.05, 0) is 41.5 Å². The van der Waals surface area contributed by atoms with E-state index in [9.17, 15) is 15.0 Å². The lowest BCUT2D eigenvalue weighted by atomic mass is 9.78. The Kier molecular flexibility index (Phi) is 5.71. The molecule has 0 spiro atoms. The molecule has 3 N–H and O–H groups in total. The van der Waals surface area contributed by atoms with Crippen LogP contribution in [0.15, 0.2) is 22.0 Å². The number of aliphatic imine (C=N–C) groups is 1. The molecular formula is C21H27N3O3S. The molecule has 7 heteroatoms. The summed E-state index contributed by atoms with van der Waals surface area (Å²) in [6, 6.07) is 3.74. The summed E-state index contributed by atoms with van der Waals surface area (Å²) in [5.41, 5.74) is 0.0871. The van der Waals surface area contributed by atoms with Crippen molar-refractivity contribution < 1.29 is 15.0 Å². The van der Waals surface area contributed by atoms with Crippen molar-refractivity contribution in [2.45, 2.75) is 65.0 Å².